The molecule has 0 fully saturated rings. The van der Waals surface area contributed by atoms with E-state index in [1.54, 1.807) is 12.1 Å². The molecular formula is C14H17ClN4O4S. The predicted octanol–water partition coefficient (Wildman–Crippen LogP) is 0.240. The molecule has 1 aliphatic heterocycles. The van der Waals surface area contributed by atoms with Crippen LogP contribution in [0.1, 0.15) is 16.8 Å². The smallest absolute Gasteiger partial charge is 0.312 e. The summed E-state index contributed by atoms with van der Waals surface area (Å²) in [6, 6.07) is 5.28. The van der Waals surface area contributed by atoms with Gasteiger partial charge in [-0.25, -0.2) is 13.2 Å². The molecule has 0 bridgehead atoms. The van der Waals surface area contributed by atoms with Crippen LogP contribution in [-0.2, 0) is 23.0 Å². The lowest BCUT2D eigenvalue weighted by Gasteiger charge is -2.18. The van der Waals surface area contributed by atoms with Gasteiger partial charge in [0.05, 0.1) is 0 Å². The Labute approximate surface area is 144 Å². The fourth-order valence-electron chi connectivity index (χ4n) is 2.66. The van der Waals surface area contributed by atoms with Gasteiger partial charge in [0.25, 0.3) is 15.6 Å². The molecule has 130 valence electrons. The lowest BCUT2D eigenvalue weighted by molar-refractivity contribution is 0.598. The van der Waals surface area contributed by atoms with Gasteiger partial charge < -0.3 is 10.3 Å². The third-order valence-electron chi connectivity index (χ3n) is 3.69. The van der Waals surface area contributed by atoms with E-state index in [0.717, 1.165) is 18.5 Å². The summed E-state index contributed by atoms with van der Waals surface area (Å²) in [6.07, 6.45) is 0.890. The van der Waals surface area contributed by atoms with Gasteiger partial charge in [0.2, 0.25) is 0 Å². The fourth-order valence-corrected chi connectivity index (χ4v) is 3.95. The zero-order chi connectivity index (χ0) is 16.6. The lowest BCUT2D eigenvalue weighted by Crippen LogP contribution is -2.31. The van der Waals surface area contributed by atoms with Crippen molar-refractivity contribution in [2.24, 2.45) is 0 Å². The second-order valence-corrected chi connectivity index (χ2v) is 7.00. The third-order valence-corrected chi connectivity index (χ3v) is 5.22. The zero-order valence-corrected chi connectivity index (χ0v) is 14.4. The summed E-state index contributed by atoms with van der Waals surface area (Å²) >= 11 is 0. The minimum absolute atomic E-state index is 0. The largest absolute Gasteiger partial charge is 0.325 e. The van der Waals surface area contributed by atoms with Crippen LogP contribution in [0.2, 0.25) is 0 Å². The van der Waals surface area contributed by atoms with Gasteiger partial charge in [-0.2, -0.15) is 0 Å². The number of halogens is 1. The zero-order valence-electron chi connectivity index (χ0n) is 12.8. The summed E-state index contributed by atoms with van der Waals surface area (Å²) in [6.45, 7) is 2.93. The molecule has 4 N–H and O–H groups in total. The summed E-state index contributed by atoms with van der Waals surface area (Å²) in [4.78, 5) is 26.7. The van der Waals surface area contributed by atoms with E-state index in [9.17, 15) is 18.0 Å². The molecular weight excluding hydrogens is 356 g/mol. The fraction of sp³-hybridized carbons (Fsp3) is 0.286. The Hall–Kier alpha value is -2.10. The molecule has 8 nitrogen and oxygen atoms in total. The van der Waals surface area contributed by atoms with E-state index in [0.29, 0.717) is 12.2 Å². The molecule has 24 heavy (non-hydrogen) atoms. The van der Waals surface area contributed by atoms with Crippen molar-refractivity contribution >= 4 is 28.1 Å². The van der Waals surface area contributed by atoms with E-state index in [1.807, 2.05) is 11.1 Å². The molecule has 0 amide bonds. The molecule has 0 atom stereocenters. The van der Waals surface area contributed by atoms with E-state index >= 15 is 0 Å². The normalized spacial score (nSPS) is 13.7. The highest BCUT2D eigenvalue weighted by Crippen LogP contribution is 2.21. The molecule has 0 radical (unpaired) electrons. The molecule has 10 heteroatoms. The summed E-state index contributed by atoms with van der Waals surface area (Å²) in [5.74, 6) is 0. The average molecular weight is 373 g/mol. The molecule has 2 aromatic rings. The van der Waals surface area contributed by atoms with Gasteiger partial charge in [-0.3, -0.25) is 14.5 Å². The number of anilines is 1. The number of aromatic nitrogens is 2. The monoisotopic (exact) mass is 372 g/mol. The maximum Gasteiger partial charge on any atom is 0.325 e. The molecule has 3 rings (SSSR count). The number of sulfonamides is 1. The van der Waals surface area contributed by atoms with Gasteiger partial charge in [-0.15, -0.1) is 12.4 Å². The standard InChI is InChI=1S/C14H16N4O4S.ClH/c1-8-12(13(19)17-14(20)16-8)23(21,22)18-11-3-2-9-4-5-15-7-10(9)6-11;/h2-3,6,15,18H,4-5,7H2,1H3,(H2,16,17,19,20);1H. The van der Waals surface area contributed by atoms with Crippen LogP contribution >= 0.6 is 12.4 Å². The van der Waals surface area contributed by atoms with Gasteiger partial charge >= 0.3 is 5.69 Å². The van der Waals surface area contributed by atoms with E-state index < -0.39 is 26.2 Å². The highest BCUT2D eigenvalue weighted by atomic mass is 35.5. The van der Waals surface area contributed by atoms with Crippen molar-refractivity contribution in [2.75, 3.05) is 11.3 Å². The number of H-pyrrole nitrogens is 2. The predicted molar refractivity (Wildman–Crippen MR) is 92.3 cm³/mol. The Kier molecular flexibility index (Phi) is 5.16. The van der Waals surface area contributed by atoms with Crippen molar-refractivity contribution in [3.05, 3.63) is 55.9 Å². The number of nitrogens with one attached hydrogen (secondary N) is 4. The van der Waals surface area contributed by atoms with Crippen molar-refractivity contribution in [1.82, 2.24) is 15.3 Å². The minimum Gasteiger partial charge on any atom is -0.312 e. The van der Waals surface area contributed by atoms with Crippen LogP contribution in [0.3, 0.4) is 0 Å². The number of fused-ring (bicyclic) bond motifs is 1. The maximum absolute atomic E-state index is 12.5. The molecule has 0 saturated heterocycles. The highest BCUT2D eigenvalue weighted by Gasteiger charge is 2.22. The topological polar surface area (TPSA) is 124 Å². The quantitative estimate of drug-likeness (QED) is 0.614. The Bertz CT molecular complexity index is 981. The summed E-state index contributed by atoms with van der Waals surface area (Å²) in [7, 11) is -4.10. The SMILES string of the molecule is Cc1[nH]c(=O)[nH]c(=O)c1S(=O)(=O)Nc1ccc2c(c1)CNCC2.Cl. The van der Waals surface area contributed by atoms with Gasteiger partial charge in [0, 0.05) is 17.9 Å². The minimum atomic E-state index is -4.10. The highest BCUT2D eigenvalue weighted by molar-refractivity contribution is 7.92. The first-order chi connectivity index (χ1) is 10.9. The van der Waals surface area contributed by atoms with E-state index in [2.05, 4.69) is 15.0 Å². The Morgan fingerprint density at radius 1 is 1.12 bits per heavy atom. The van der Waals surface area contributed by atoms with Crippen molar-refractivity contribution in [3.63, 3.8) is 0 Å². The number of aryl methyl sites for hydroxylation is 1. The average Bonchev–Trinajstić information content (AvgIpc) is 2.45. The van der Waals surface area contributed by atoms with Crippen LogP contribution in [0.4, 0.5) is 5.69 Å². The van der Waals surface area contributed by atoms with Gasteiger partial charge in [-0.1, -0.05) is 6.07 Å². The van der Waals surface area contributed by atoms with E-state index in [4.69, 9.17) is 0 Å². The van der Waals surface area contributed by atoms with Crippen molar-refractivity contribution in [3.8, 4) is 0 Å². The Morgan fingerprint density at radius 3 is 2.58 bits per heavy atom. The second-order valence-electron chi connectivity index (χ2n) is 5.38. The number of aromatic amines is 2. The number of hydrogen-bond donors (Lipinski definition) is 4. The number of benzene rings is 1. The van der Waals surface area contributed by atoms with Crippen LogP contribution in [0, 0.1) is 6.92 Å². The summed E-state index contributed by atoms with van der Waals surface area (Å²) in [5, 5.41) is 3.22. The molecule has 1 aromatic heterocycles. The summed E-state index contributed by atoms with van der Waals surface area (Å²) < 4.78 is 27.3. The first-order valence-corrected chi connectivity index (χ1v) is 8.54. The van der Waals surface area contributed by atoms with Gasteiger partial charge in [0.1, 0.15) is 0 Å². The molecule has 2 heterocycles. The lowest BCUT2D eigenvalue weighted by atomic mass is 10.0. The molecule has 0 aliphatic carbocycles. The van der Waals surface area contributed by atoms with Crippen molar-refractivity contribution < 1.29 is 8.42 Å². The van der Waals surface area contributed by atoms with Crippen LogP contribution in [0.5, 0.6) is 0 Å². The van der Waals surface area contributed by atoms with Crippen LogP contribution in [-0.4, -0.2) is 24.9 Å². The second kappa shape index (κ2) is 6.80. The molecule has 0 unspecified atom stereocenters. The Morgan fingerprint density at radius 2 is 1.88 bits per heavy atom. The van der Waals surface area contributed by atoms with E-state index in [1.165, 1.54) is 12.5 Å². The van der Waals surface area contributed by atoms with Crippen molar-refractivity contribution in [1.29, 1.82) is 0 Å². The van der Waals surface area contributed by atoms with Crippen molar-refractivity contribution in [2.45, 2.75) is 24.8 Å². The summed E-state index contributed by atoms with van der Waals surface area (Å²) in [5.41, 5.74) is 0.862. The van der Waals surface area contributed by atoms with Crippen LogP contribution < -0.4 is 21.3 Å². The van der Waals surface area contributed by atoms with Crippen LogP contribution in [0.15, 0.2) is 32.7 Å². The van der Waals surface area contributed by atoms with Gasteiger partial charge in [-0.05, 0) is 43.1 Å². The van der Waals surface area contributed by atoms with Gasteiger partial charge in [0.15, 0.2) is 4.90 Å². The number of hydrogen-bond acceptors (Lipinski definition) is 5. The third kappa shape index (κ3) is 3.53. The van der Waals surface area contributed by atoms with Crippen LogP contribution in [0.25, 0.3) is 0 Å². The molecule has 1 aliphatic rings. The molecule has 0 spiro atoms. The first kappa shape index (κ1) is 18.2. The Balaban J connectivity index is 0.00000208. The maximum atomic E-state index is 12.5. The first-order valence-electron chi connectivity index (χ1n) is 7.05. The van der Waals surface area contributed by atoms with E-state index in [-0.39, 0.29) is 18.1 Å². The number of rotatable bonds is 3. The molecule has 1 aromatic carbocycles. The molecule has 0 saturated carbocycles.